The van der Waals surface area contributed by atoms with Crippen LogP contribution in [0.15, 0.2) is 23.3 Å². The van der Waals surface area contributed by atoms with Gasteiger partial charge in [-0.25, -0.2) is 0 Å². The first-order valence-electron chi connectivity index (χ1n) is 21.3. The van der Waals surface area contributed by atoms with Gasteiger partial charge in [0, 0.05) is 12.8 Å². The number of carbonyl (C=O) groups excluding carboxylic acids is 2. The fourth-order valence-corrected chi connectivity index (χ4v) is 6.16. The number of hydrogen-bond acceptors (Lipinski definition) is 8. The zero-order valence-electron chi connectivity index (χ0n) is 35.9. The van der Waals surface area contributed by atoms with Crippen LogP contribution in [0.3, 0.4) is 0 Å². The molecule has 53 heavy (non-hydrogen) atoms. The number of rotatable bonds is 32. The average Bonchev–Trinajstić information content (AvgIpc) is 3.09. The van der Waals surface area contributed by atoms with Crippen LogP contribution in [0.1, 0.15) is 184 Å². The highest BCUT2D eigenvalue weighted by Gasteiger charge is 2.10. The first-order valence-corrected chi connectivity index (χ1v) is 21.3. The van der Waals surface area contributed by atoms with Gasteiger partial charge in [-0.15, -0.1) is 0 Å². The molecule has 0 aliphatic carbocycles. The number of aliphatic hydroxyl groups is 4. The van der Waals surface area contributed by atoms with E-state index in [0.717, 1.165) is 42.4 Å². The van der Waals surface area contributed by atoms with Crippen LogP contribution in [0.25, 0.3) is 0 Å². The second kappa shape index (κ2) is 35.9. The van der Waals surface area contributed by atoms with Gasteiger partial charge in [0.15, 0.2) is 0 Å². The molecule has 0 aliphatic rings. The minimum Gasteiger partial charge on any atom is -0.463 e. The fourth-order valence-electron chi connectivity index (χ4n) is 6.16. The summed E-state index contributed by atoms with van der Waals surface area (Å²) in [5.41, 5.74) is 2.66. The molecule has 0 saturated heterocycles. The molecule has 0 aromatic carbocycles. The highest BCUT2D eigenvalue weighted by Crippen LogP contribution is 2.23. The van der Waals surface area contributed by atoms with E-state index < -0.39 is 12.2 Å². The van der Waals surface area contributed by atoms with E-state index >= 15 is 0 Å². The normalized spacial score (nSPS) is 15.1. The molecule has 5 atom stereocenters. The third-order valence-electron chi connectivity index (χ3n) is 9.86. The monoisotopic (exact) mass is 755 g/mol. The predicted octanol–water partition coefficient (Wildman–Crippen LogP) is 10.3. The summed E-state index contributed by atoms with van der Waals surface area (Å²) in [5, 5.41) is 35.6. The number of aliphatic hydroxyl groups excluding tert-OH is 4. The Hall–Kier alpha value is -1.74. The van der Waals surface area contributed by atoms with Crippen LogP contribution in [0.4, 0.5) is 0 Å². The van der Waals surface area contributed by atoms with E-state index in [1.54, 1.807) is 0 Å². The minimum atomic E-state index is -0.980. The van der Waals surface area contributed by atoms with E-state index in [1.165, 1.54) is 94.6 Å². The van der Waals surface area contributed by atoms with Crippen molar-refractivity contribution >= 4 is 11.9 Å². The van der Waals surface area contributed by atoms with Crippen LogP contribution in [0.5, 0.6) is 0 Å². The summed E-state index contributed by atoms with van der Waals surface area (Å²) in [7, 11) is 0. The molecule has 0 spiro atoms. The summed E-state index contributed by atoms with van der Waals surface area (Å²) in [4.78, 5) is 23.0. The molecular weight excluding hydrogens is 668 g/mol. The summed E-state index contributed by atoms with van der Waals surface area (Å²) in [5.74, 6) is 3.44. The molecule has 8 heteroatoms. The van der Waals surface area contributed by atoms with Crippen molar-refractivity contribution in [3.8, 4) is 0 Å². The van der Waals surface area contributed by atoms with Gasteiger partial charge < -0.3 is 29.9 Å². The maximum atomic E-state index is 11.5. The van der Waals surface area contributed by atoms with Crippen LogP contribution < -0.4 is 0 Å². The first kappa shape index (κ1) is 53.4. The molecule has 4 N–H and O–H groups in total. The Balaban J connectivity index is 0. The van der Waals surface area contributed by atoms with E-state index in [9.17, 15) is 9.59 Å². The predicted molar refractivity (Wildman–Crippen MR) is 221 cm³/mol. The maximum absolute atomic E-state index is 11.5. The molecule has 314 valence electrons. The van der Waals surface area contributed by atoms with Crippen molar-refractivity contribution < 1.29 is 39.5 Å². The van der Waals surface area contributed by atoms with E-state index in [1.807, 2.05) is 0 Å². The molecule has 0 fully saturated rings. The van der Waals surface area contributed by atoms with Crippen molar-refractivity contribution in [2.24, 2.45) is 29.6 Å². The van der Waals surface area contributed by atoms with Gasteiger partial charge >= 0.3 is 11.9 Å². The van der Waals surface area contributed by atoms with Crippen LogP contribution in [0, 0.1) is 29.6 Å². The van der Waals surface area contributed by atoms with Crippen molar-refractivity contribution in [3.63, 3.8) is 0 Å². The molecule has 8 nitrogen and oxygen atoms in total. The zero-order chi connectivity index (χ0) is 40.4. The quantitative estimate of drug-likeness (QED) is 0.0394. The molecule has 0 amide bonds. The number of allylic oxidation sites excluding steroid dienone is 4. The number of esters is 2. The summed E-state index contributed by atoms with van der Waals surface area (Å²) < 4.78 is 9.76. The van der Waals surface area contributed by atoms with Gasteiger partial charge in [0.25, 0.3) is 0 Å². The van der Waals surface area contributed by atoms with E-state index in [4.69, 9.17) is 29.9 Å². The summed E-state index contributed by atoms with van der Waals surface area (Å²) in [6.07, 6.45) is 23.6. The van der Waals surface area contributed by atoms with E-state index in [-0.39, 0.29) is 38.4 Å². The molecule has 0 bridgehead atoms. The Labute approximate surface area is 326 Å². The van der Waals surface area contributed by atoms with Crippen molar-refractivity contribution in [2.75, 3.05) is 26.4 Å². The van der Waals surface area contributed by atoms with Gasteiger partial charge in [-0.2, -0.15) is 0 Å². The van der Waals surface area contributed by atoms with Gasteiger partial charge in [0.05, 0.1) is 13.2 Å². The summed E-state index contributed by atoms with van der Waals surface area (Å²) in [6.45, 7) is 19.5. The molecule has 0 heterocycles. The lowest BCUT2D eigenvalue weighted by Crippen LogP contribution is -2.21. The Morgan fingerprint density at radius 2 is 0.792 bits per heavy atom. The third kappa shape index (κ3) is 39.8. The lowest BCUT2D eigenvalue weighted by molar-refractivity contribution is -0.148. The van der Waals surface area contributed by atoms with Gasteiger partial charge in [-0.05, 0) is 82.0 Å². The first-order chi connectivity index (χ1) is 25.1. The van der Waals surface area contributed by atoms with Crippen molar-refractivity contribution in [1.82, 2.24) is 0 Å². The average molecular weight is 755 g/mol. The van der Waals surface area contributed by atoms with E-state index in [0.29, 0.717) is 25.7 Å². The topological polar surface area (TPSA) is 134 Å². The van der Waals surface area contributed by atoms with Crippen molar-refractivity contribution in [1.29, 1.82) is 0 Å². The van der Waals surface area contributed by atoms with Crippen LogP contribution >= 0.6 is 0 Å². The number of carbonyl (C=O) groups is 2. The molecule has 0 aromatic heterocycles. The minimum absolute atomic E-state index is 0.132. The second-order valence-electron chi connectivity index (χ2n) is 16.9. The van der Waals surface area contributed by atoms with Gasteiger partial charge in [-0.3, -0.25) is 9.59 Å². The molecule has 0 radical (unpaired) electrons. The van der Waals surface area contributed by atoms with E-state index in [2.05, 4.69) is 74.5 Å². The van der Waals surface area contributed by atoms with Crippen molar-refractivity contribution in [2.45, 2.75) is 197 Å². The van der Waals surface area contributed by atoms with Gasteiger partial charge in [-0.1, -0.05) is 142 Å². The van der Waals surface area contributed by atoms with Crippen LogP contribution in [-0.2, 0) is 19.1 Å². The Morgan fingerprint density at radius 3 is 1.09 bits per heavy atom. The fraction of sp³-hybridized carbons (Fsp3) is 0.867. The van der Waals surface area contributed by atoms with Gasteiger partial charge in [0.2, 0.25) is 0 Å². The molecular formula is C45H86O8. The van der Waals surface area contributed by atoms with Crippen LogP contribution in [-0.4, -0.2) is 71.0 Å². The molecule has 0 saturated carbocycles. The Kier molecular flexibility index (Phi) is 36.2. The second-order valence-corrected chi connectivity index (χ2v) is 16.9. The van der Waals surface area contributed by atoms with Crippen LogP contribution in [0.2, 0.25) is 0 Å². The maximum Gasteiger partial charge on any atom is 0.306 e. The zero-order valence-corrected chi connectivity index (χ0v) is 35.9. The number of ether oxygens (including phenoxy) is 2. The Bertz CT molecular complexity index is 927. The molecule has 0 rings (SSSR count). The molecule has 0 aromatic rings. The van der Waals surface area contributed by atoms with Crippen molar-refractivity contribution in [3.05, 3.63) is 23.3 Å². The summed E-state index contributed by atoms with van der Waals surface area (Å²) >= 11 is 0. The largest absolute Gasteiger partial charge is 0.463 e. The molecule has 0 aliphatic heterocycles. The lowest BCUT2D eigenvalue weighted by Gasteiger charge is -2.15. The highest BCUT2D eigenvalue weighted by molar-refractivity contribution is 5.69. The third-order valence-corrected chi connectivity index (χ3v) is 9.86. The summed E-state index contributed by atoms with van der Waals surface area (Å²) in [6, 6.07) is 0. The van der Waals surface area contributed by atoms with Gasteiger partial charge in [0.1, 0.15) is 25.4 Å². The standard InChI is InChI=1S/C25H48O4.C20H38O4/c1-20(2)10-6-11-21(3)12-7-13-22(4)14-8-15-23(5)16-9-17-25(28)29-19-24(27)18-26;1-16(2)8-5-9-17(3)10-6-11-18(4)12-7-13-20(23)24-15-19(22)14-21/h16,20-22,24,26-27H,6-15,17-19H2,1-5H3;12,16-17,19,21-22H,5-11,13-15H2,1-4H3. The Morgan fingerprint density at radius 1 is 0.491 bits per heavy atom. The highest BCUT2D eigenvalue weighted by atomic mass is 16.5. The lowest BCUT2D eigenvalue weighted by atomic mass is 9.91. The molecule has 5 unspecified atom stereocenters. The smallest absolute Gasteiger partial charge is 0.306 e. The number of hydrogen-bond donors (Lipinski definition) is 4. The SMILES string of the molecule is CC(=CCCC(=O)OCC(O)CO)CCCC(C)CCCC(C)C.CC(=CCCC(=O)OCC(O)CO)CCCC(C)CCCC(C)CCCC(C)C.